The molecule has 1 N–H and O–H groups in total. The lowest BCUT2D eigenvalue weighted by atomic mass is 10.1. The summed E-state index contributed by atoms with van der Waals surface area (Å²) in [5.41, 5.74) is 1.07. The molecule has 2 rings (SSSR count). The van der Waals surface area contributed by atoms with Gasteiger partial charge in [-0.05, 0) is 31.2 Å². The van der Waals surface area contributed by atoms with Crippen LogP contribution in [0.1, 0.15) is 24.2 Å². The second kappa shape index (κ2) is 5.75. The van der Waals surface area contributed by atoms with Gasteiger partial charge < -0.3 is 9.84 Å². The smallest absolute Gasteiger partial charge is 0.146 e. The fraction of sp³-hybridized carbons (Fsp3) is 0.133. The molecular weight excluding hydrogens is 262 g/mol. The van der Waals surface area contributed by atoms with Crippen molar-refractivity contribution in [1.29, 1.82) is 5.26 Å². The highest BCUT2D eigenvalue weighted by molar-refractivity contribution is 6.32. The maximum absolute atomic E-state index is 9.72. The first-order valence-corrected chi connectivity index (χ1v) is 6.14. The van der Waals surface area contributed by atoms with E-state index < -0.39 is 6.10 Å². The molecule has 2 aromatic rings. The Hall–Kier alpha value is -2.02. The number of ether oxygens (including phenoxy) is 1. The molecule has 0 aliphatic heterocycles. The lowest BCUT2D eigenvalue weighted by Gasteiger charge is -2.14. The molecular formula is C15H12ClNO2. The van der Waals surface area contributed by atoms with E-state index >= 15 is 0 Å². The second-order valence-corrected chi connectivity index (χ2v) is 4.48. The molecule has 0 saturated heterocycles. The highest BCUT2D eigenvalue weighted by atomic mass is 35.5. The maximum atomic E-state index is 9.72. The Balaban J connectivity index is 2.44. The molecule has 0 aliphatic rings. The maximum Gasteiger partial charge on any atom is 0.146 e. The highest BCUT2D eigenvalue weighted by Gasteiger charge is 2.12. The van der Waals surface area contributed by atoms with E-state index in [4.69, 9.17) is 21.6 Å². The monoisotopic (exact) mass is 273 g/mol. The van der Waals surface area contributed by atoms with E-state index in [2.05, 4.69) is 0 Å². The average Bonchev–Trinajstić information content (AvgIpc) is 2.41. The molecule has 96 valence electrons. The quantitative estimate of drug-likeness (QED) is 0.917. The highest BCUT2D eigenvalue weighted by Crippen LogP contribution is 2.33. The van der Waals surface area contributed by atoms with Crippen molar-refractivity contribution in [2.24, 2.45) is 0 Å². The molecule has 0 unspecified atom stereocenters. The SMILES string of the molecule is C[C@H](O)c1ccc(C#N)cc1Oc1ccccc1Cl. The summed E-state index contributed by atoms with van der Waals surface area (Å²) in [6.07, 6.45) is -0.690. The van der Waals surface area contributed by atoms with Gasteiger partial charge in [-0.1, -0.05) is 29.8 Å². The van der Waals surface area contributed by atoms with Gasteiger partial charge in [-0.25, -0.2) is 0 Å². The zero-order valence-corrected chi connectivity index (χ0v) is 11.1. The molecule has 0 aromatic heterocycles. The van der Waals surface area contributed by atoms with Crippen LogP contribution in [0.3, 0.4) is 0 Å². The molecule has 0 amide bonds. The average molecular weight is 274 g/mol. The van der Waals surface area contributed by atoms with Gasteiger partial charge in [-0.15, -0.1) is 0 Å². The molecule has 0 radical (unpaired) electrons. The summed E-state index contributed by atoms with van der Waals surface area (Å²) in [6, 6.07) is 14.0. The summed E-state index contributed by atoms with van der Waals surface area (Å²) < 4.78 is 5.70. The summed E-state index contributed by atoms with van der Waals surface area (Å²) >= 11 is 6.03. The molecule has 19 heavy (non-hydrogen) atoms. The fourth-order valence-corrected chi connectivity index (χ4v) is 1.86. The standard InChI is InChI=1S/C15H12ClNO2/c1-10(18)12-7-6-11(9-17)8-15(12)19-14-5-3-2-4-13(14)16/h2-8,10,18H,1H3/t10-/m0/s1. The largest absolute Gasteiger partial charge is 0.455 e. The van der Waals surface area contributed by atoms with Crippen LogP contribution in [0, 0.1) is 11.3 Å². The Kier molecular flexibility index (Phi) is 4.06. The van der Waals surface area contributed by atoms with Crippen molar-refractivity contribution in [3.05, 3.63) is 58.6 Å². The lowest BCUT2D eigenvalue weighted by molar-refractivity contribution is 0.195. The van der Waals surface area contributed by atoms with E-state index in [0.717, 1.165) is 0 Å². The number of benzene rings is 2. The Bertz CT molecular complexity index is 632. The molecule has 0 fully saturated rings. The van der Waals surface area contributed by atoms with Crippen LogP contribution in [0.2, 0.25) is 5.02 Å². The molecule has 4 heteroatoms. The van der Waals surface area contributed by atoms with Crippen molar-refractivity contribution in [1.82, 2.24) is 0 Å². The third-order valence-corrected chi connectivity index (χ3v) is 2.96. The van der Waals surface area contributed by atoms with E-state index in [1.54, 1.807) is 49.4 Å². The van der Waals surface area contributed by atoms with Gasteiger partial charge in [-0.2, -0.15) is 5.26 Å². The van der Waals surface area contributed by atoms with Crippen molar-refractivity contribution in [2.45, 2.75) is 13.0 Å². The van der Waals surface area contributed by atoms with Gasteiger partial charge in [0.05, 0.1) is 22.8 Å². The number of hydrogen-bond donors (Lipinski definition) is 1. The molecule has 0 heterocycles. The first kappa shape index (κ1) is 13.4. The Morgan fingerprint density at radius 2 is 1.95 bits per heavy atom. The van der Waals surface area contributed by atoms with Crippen LogP contribution in [-0.4, -0.2) is 5.11 Å². The fourth-order valence-electron chi connectivity index (χ4n) is 1.68. The van der Waals surface area contributed by atoms with Gasteiger partial charge >= 0.3 is 0 Å². The van der Waals surface area contributed by atoms with Gasteiger partial charge in [0.2, 0.25) is 0 Å². The minimum absolute atomic E-state index is 0.433. The van der Waals surface area contributed by atoms with Crippen LogP contribution in [0.5, 0.6) is 11.5 Å². The number of nitrogens with zero attached hydrogens (tertiary/aromatic N) is 1. The van der Waals surface area contributed by atoms with E-state index in [-0.39, 0.29) is 0 Å². The summed E-state index contributed by atoms with van der Waals surface area (Å²) in [7, 11) is 0. The summed E-state index contributed by atoms with van der Waals surface area (Å²) in [4.78, 5) is 0. The zero-order chi connectivity index (χ0) is 13.8. The molecule has 1 atom stereocenters. The summed E-state index contributed by atoms with van der Waals surface area (Å²) in [5.74, 6) is 0.920. The number of rotatable bonds is 3. The van der Waals surface area contributed by atoms with E-state index in [1.165, 1.54) is 0 Å². The molecule has 2 aromatic carbocycles. The van der Waals surface area contributed by atoms with E-state index in [0.29, 0.717) is 27.6 Å². The van der Waals surface area contributed by atoms with Crippen molar-refractivity contribution < 1.29 is 9.84 Å². The number of nitriles is 1. The first-order chi connectivity index (χ1) is 9.11. The lowest BCUT2D eigenvalue weighted by Crippen LogP contribution is -1.97. The number of para-hydroxylation sites is 1. The number of aliphatic hydroxyl groups excluding tert-OH is 1. The van der Waals surface area contributed by atoms with Crippen molar-refractivity contribution in [2.75, 3.05) is 0 Å². The van der Waals surface area contributed by atoms with Crippen molar-refractivity contribution in [3.63, 3.8) is 0 Å². The third-order valence-electron chi connectivity index (χ3n) is 2.65. The van der Waals surface area contributed by atoms with Gasteiger partial charge in [0.1, 0.15) is 11.5 Å². The number of halogens is 1. The Morgan fingerprint density at radius 1 is 1.21 bits per heavy atom. The molecule has 0 aliphatic carbocycles. The van der Waals surface area contributed by atoms with Gasteiger partial charge in [0, 0.05) is 5.56 Å². The van der Waals surface area contributed by atoms with Crippen molar-refractivity contribution >= 4 is 11.6 Å². The normalized spacial score (nSPS) is 11.7. The predicted molar refractivity (Wildman–Crippen MR) is 73.3 cm³/mol. The second-order valence-electron chi connectivity index (χ2n) is 4.07. The Labute approximate surface area is 116 Å². The van der Waals surface area contributed by atoms with Crippen LogP contribution in [0.4, 0.5) is 0 Å². The predicted octanol–water partition coefficient (Wildman–Crippen LogP) is 4.06. The summed E-state index contributed by atoms with van der Waals surface area (Å²) in [6.45, 7) is 1.64. The van der Waals surface area contributed by atoms with E-state index in [1.807, 2.05) is 6.07 Å². The molecule has 3 nitrogen and oxygen atoms in total. The van der Waals surface area contributed by atoms with Crippen LogP contribution in [-0.2, 0) is 0 Å². The van der Waals surface area contributed by atoms with Gasteiger partial charge in [-0.3, -0.25) is 0 Å². The van der Waals surface area contributed by atoms with Gasteiger partial charge in [0.15, 0.2) is 0 Å². The zero-order valence-electron chi connectivity index (χ0n) is 10.3. The minimum Gasteiger partial charge on any atom is -0.455 e. The minimum atomic E-state index is -0.690. The van der Waals surface area contributed by atoms with Crippen LogP contribution in [0.15, 0.2) is 42.5 Å². The third kappa shape index (κ3) is 3.05. The number of aliphatic hydroxyl groups is 1. The Morgan fingerprint density at radius 3 is 2.58 bits per heavy atom. The van der Waals surface area contributed by atoms with Crippen LogP contribution in [0.25, 0.3) is 0 Å². The van der Waals surface area contributed by atoms with Crippen LogP contribution < -0.4 is 4.74 Å². The van der Waals surface area contributed by atoms with Crippen molar-refractivity contribution in [3.8, 4) is 17.6 Å². The molecule has 0 saturated carbocycles. The van der Waals surface area contributed by atoms with Crippen LogP contribution >= 0.6 is 11.6 Å². The number of hydrogen-bond acceptors (Lipinski definition) is 3. The van der Waals surface area contributed by atoms with Gasteiger partial charge in [0.25, 0.3) is 0 Å². The topological polar surface area (TPSA) is 53.2 Å². The van der Waals surface area contributed by atoms with E-state index in [9.17, 15) is 5.11 Å². The summed E-state index contributed by atoms with van der Waals surface area (Å²) in [5, 5.41) is 19.1. The molecule has 0 spiro atoms. The first-order valence-electron chi connectivity index (χ1n) is 5.76. The molecule has 0 bridgehead atoms.